The van der Waals surface area contributed by atoms with Crippen LogP contribution in [0.4, 0.5) is 5.69 Å². The van der Waals surface area contributed by atoms with Gasteiger partial charge in [0.25, 0.3) is 11.8 Å². The lowest BCUT2D eigenvalue weighted by atomic mass is 10.0. The number of ether oxygens (including phenoxy) is 1. The van der Waals surface area contributed by atoms with Crippen molar-refractivity contribution < 1.29 is 14.3 Å². The van der Waals surface area contributed by atoms with E-state index in [-0.39, 0.29) is 24.0 Å². The fourth-order valence-electron chi connectivity index (χ4n) is 2.38. The maximum Gasteiger partial charge on any atom is 0.262 e. The highest BCUT2D eigenvalue weighted by Crippen LogP contribution is 2.32. The summed E-state index contributed by atoms with van der Waals surface area (Å²) in [6.45, 7) is 5.93. The third kappa shape index (κ3) is 4.82. The Bertz CT molecular complexity index is 803. The molecular formula is C19H21BrN2O3. The number of hydrogen-bond acceptors (Lipinski definition) is 3. The van der Waals surface area contributed by atoms with E-state index in [4.69, 9.17) is 10.5 Å². The van der Waals surface area contributed by atoms with E-state index in [1.807, 2.05) is 19.1 Å². The molecule has 0 aliphatic heterocycles. The molecule has 0 heterocycles. The molecule has 0 saturated carbocycles. The highest BCUT2D eigenvalue weighted by molar-refractivity contribution is 9.10. The molecule has 0 radical (unpaired) electrons. The highest BCUT2D eigenvalue weighted by Gasteiger charge is 2.14. The number of rotatable bonds is 6. The minimum Gasteiger partial charge on any atom is -0.483 e. The normalized spacial score (nSPS) is 10.6. The predicted molar refractivity (Wildman–Crippen MR) is 102 cm³/mol. The van der Waals surface area contributed by atoms with E-state index in [1.54, 1.807) is 24.3 Å². The van der Waals surface area contributed by atoms with Crippen LogP contribution >= 0.6 is 15.9 Å². The summed E-state index contributed by atoms with van der Waals surface area (Å²) >= 11 is 3.52. The topological polar surface area (TPSA) is 81.4 Å². The third-order valence-corrected chi connectivity index (χ3v) is 4.59. The summed E-state index contributed by atoms with van der Waals surface area (Å²) in [6.07, 6.45) is 0. The second-order valence-electron chi connectivity index (χ2n) is 6.04. The number of hydrogen-bond donors (Lipinski definition) is 2. The Morgan fingerprint density at radius 1 is 1.24 bits per heavy atom. The molecule has 0 spiro atoms. The molecule has 25 heavy (non-hydrogen) atoms. The molecule has 0 bridgehead atoms. The highest BCUT2D eigenvalue weighted by atomic mass is 79.9. The standard InChI is InChI=1S/C19H21BrN2O3/c1-11(2)14-9-15(20)12(3)8-17(14)25-10-18(23)22-16-7-5-4-6-13(16)19(21)24/h4-9,11H,10H2,1-3H3,(H2,21,24)(H,22,23). The fraction of sp³-hybridized carbons (Fsp3) is 0.263. The number of nitrogens with two attached hydrogens (primary N) is 1. The monoisotopic (exact) mass is 404 g/mol. The lowest BCUT2D eigenvalue weighted by Crippen LogP contribution is -2.23. The van der Waals surface area contributed by atoms with E-state index < -0.39 is 5.91 Å². The Balaban J connectivity index is 2.11. The second-order valence-corrected chi connectivity index (χ2v) is 6.89. The number of halogens is 1. The Labute approximate surface area is 155 Å². The lowest BCUT2D eigenvalue weighted by Gasteiger charge is -2.16. The fourth-order valence-corrected chi connectivity index (χ4v) is 2.74. The summed E-state index contributed by atoms with van der Waals surface area (Å²) < 4.78 is 6.72. The molecule has 0 fully saturated rings. The van der Waals surface area contributed by atoms with Crippen molar-refractivity contribution in [3.8, 4) is 5.75 Å². The van der Waals surface area contributed by atoms with Crippen LogP contribution in [0.3, 0.4) is 0 Å². The van der Waals surface area contributed by atoms with E-state index in [9.17, 15) is 9.59 Å². The van der Waals surface area contributed by atoms with Crippen LogP contribution in [0.2, 0.25) is 0 Å². The van der Waals surface area contributed by atoms with Crippen LogP contribution < -0.4 is 15.8 Å². The third-order valence-electron chi connectivity index (χ3n) is 3.74. The van der Waals surface area contributed by atoms with Gasteiger partial charge in [-0.3, -0.25) is 9.59 Å². The smallest absolute Gasteiger partial charge is 0.262 e. The van der Waals surface area contributed by atoms with E-state index in [0.29, 0.717) is 11.4 Å². The van der Waals surface area contributed by atoms with Gasteiger partial charge >= 0.3 is 0 Å². The van der Waals surface area contributed by atoms with E-state index in [1.165, 1.54) is 0 Å². The van der Waals surface area contributed by atoms with Crippen molar-refractivity contribution in [3.63, 3.8) is 0 Å². The van der Waals surface area contributed by atoms with Crippen LogP contribution in [-0.2, 0) is 4.79 Å². The van der Waals surface area contributed by atoms with Crippen molar-refractivity contribution in [1.29, 1.82) is 0 Å². The first kappa shape index (κ1) is 19.0. The largest absolute Gasteiger partial charge is 0.483 e. The van der Waals surface area contributed by atoms with E-state index in [2.05, 4.69) is 35.1 Å². The summed E-state index contributed by atoms with van der Waals surface area (Å²) in [6, 6.07) is 10.5. The van der Waals surface area contributed by atoms with Crippen LogP contribution in [-0.4, -0.2) is 18.4 Å². The zero-order valence-electron chi connectivity index (χ0n) is 14.4. The zero-order chi connectivity index (χ0) is 18.6. The van der Waals surface area contributed by atoms with Gasteiger partial charge in [-0.2, -0.15) is 0 Å². The molecule has 0 aliphatic rings. The molecule has 0 aromatic heterocycles. The average Bonchev–Trinajstić information content (AvgIpc) is 2.55. The molecule has 3 N–H and O–H groups in total. The van der Waals surface area contributed by atoms with Crippen LogP contribution in [0, 0.1) is 6.92 Å². The Morgan fingerprint density at radius 3 is 2.56 bits per heavy atom. The van der Waals surface area contributed by atoms with E-state index >= 15 is 0 Å². The SMILES string of the molecule is Cc1cc(OCC(=O)Nc2ccccc2C(N)=O)c(C(C)C)cc1Br. The molecular weight excluding hydrogens is 384 g/mol. The molecule has 2 rings (SSSR count). The van der Waals surface area contributed by atoms with Crippen molar-refractivity contribution in [2.75, 3.05) is 11.9 Å². The van der Waals surface area contributed by atoms with Crippen LogP contribution in [0.5, 0.6) is 5.75 Å². The molecule has 132 valence electrons. The summed E-state index contributed by atoms with van der Waals surface area (Å²) in [7, 11) is 0. The number of para-hydroxylation sites is 1. The molecule has 2 aromatic carbocycles. The number of anilines is 1. The summed E-state index contributed by atoms with van der Waals surface area (Å²) in [5.41, 5.74) is 7.99. The van der Waals surface area contributed by atoms with Gasteiger partial charge in [-0.15, -0.1) is 0 Å². The number of carbonyl (C=O) groups is 2. The Kier molecular flexibility index (Phi) is 6.20. The quantitative estimate of drug-likeness (QED) is 0.763. The van der Waals surface area contributed by atoms with Crippen molar-refractivity contribution in [1.82, 2.24) is 0 Å². The maximum atomic E-state index is 12.2. The van der Waals surface area contributed by atoms with Gasteiger partial charge in [-0.1, -0.05) is 41.9 Å². The number of primary amides is 1. The Morgan fingerprint density at radius 2 is 1.92 bits per heavy atom. The molecule has 0 aliphatic carbocycles. The average molecular weight is 405 g/mol. The minimum atomic E-state index is -0.595. The summed E-state index contributed by atoms with van der Waals surface area (Å²) in [5, 5.41) is 2.66. The maximum absolute atomic E-state index is 12.2. The van der Waals surface area contributed by atoms with Crippen molar-refractivity contribution in [2.24, 2.45) is 5.73 Å². The first-order valence-corrected chi connectivity index (χ1v) is 8.70. The molecule has 2 aromatic rings. The van der Waals surface area contributed by atoms with Crippen molar-refractivity contribution in [3.05, 3.63) is 57.6 Å². The number of amides is 2. The van der Waals surface area contributed by atoms with Crippen LogP contribution in [0.1, 0.15) is 41.3 Å². The lowest BCUT2D eigenvalue weighted by molar-refractivity contribution is -0.118. The number of aryl methyl sites for hydroxylation is 1. The Hall–Kier alpha value is -2.34. The first-order valence-electron chi connectivity index (χ1n) is 7.91. The number of nitrogens with one attached hydrogen (secondary N) is 1. The molecule has 6 heteroatoms. The van der Waals surface area contributed by atoms with Gasteiger partial charge in [-0.05, 0) is 48.2 Å². The van der Waals surface area contributed by atoms with Gasteiger partial charge in [0.15, 0.2) is 6.61 Å². The van der Waals surface area contributed by atoms with Gasteiger partial charge in [0.2, 0.25) is 0 Å². The van der Waals surface area contributed by atoms with Crippen LogP contribution in [0.25, 0.3) is 0 Å². The van der Waals surface area contributed by atoms with Crippen LogP contribution in [0.15, 0.2) is 40.9 Å². The summed E-state index contributed by atoms with van der Waals surface area (Å²) in [5.74, 6) is -0.0222. The molecule has 0 saturated heterocycles. The first-order chi connectivity index (χ1) is 11.8. The van der Waals surface area contributed by atoms with Crippen molar-refractivity contribution in [2.45, 2.75) is 26.7 Å². The molecule has 0 unspecified atom stereocenters. The van der Waals surface area contributed by atoms with Gasteiger partial charge in [-0.25, -0.2) is 0 Å². The minimum absolute atomic E-state index is 0.159. The van der Waals surface area contributed by atoms with Gasteiger partial charge in [0, 0.05) is 4.47 Å². The van der Waals surface area contributed by atoms with Gasteiger partial charge < -0.3 is 15.8 Å². The molecule has 5 nitrogen and oxygen atoms in total. The molecule has 0 atom stereocenters. The van der Waals surface area contributed by atoms with Crippen molar-refractivity contribution >= 4 is 33.4 Å². The van der Waals surface area contributed by atoms with Gasteiger partial charge in [0.05, 0.1) is 11.3 Å². The zero-order valence-corrected chi connectivity index (χ0v) is 16.0. The van der Waals surface area contributed by atoms with E-state index in [0.717, 1.165) is 15.6 Å². The number of benzene rings is 2. The number of carbonyl (C=O) groups excluding carboxylic acids is 2. The summed E-state index contributed by atoms with van der Waals surface area (Å²) in [4.78, 5) is 23.6. The van der Waals surface area contributed by atoms with Gasteiger partial charge in [0.1, 0.15) is 5.75 Å². The molecule has 2 amide bonds. The second kappa shape index (κ2) is 8.16. The predicted octanol–water partition coefficient (Wildman–Crippen LogP) is 4.00.